The molecule has 0 radical (unpaired) electrons. The number of esters is 1. The van der Waals surface area contributed by atoms with Gasteiger partial charge in [-0.2, -0.15) is 18.4 Å². The van der Waals surface area contributed by atoms with E-state index in [1.807, 2.05) is 6.07 Å². The average molecular weight is 592 g/mol. The van der Waals surface area contributed by atoms with Crippen LogP contribution in [0.3, 0.4) is 0 Å². The molecule has 9 nitrogen and oxygen atoms in total. The standard InChI is InChI=1S/C31H24F3N3O6/c1-19-27(20(2)38)28(23-13-11-21(16-35)12-14-23)37(29(40)36(19)25-10-6-9-24(15-25)31(32,33)34)30(41)43-18-26(39)42-17-22-7-4-3-5-8-22/h3-15,28H,17-18H2,1-2H3. The summed E-state index contributed by atoms with van der Waals surface area (Å²) in [6.45, 7) is 1.56. The fourth-order valence-corrected chi connectivity index (χ4v) is 4.59. The molecule has 1 unspecified atom stereocenters. The van der Waals surface area contributed by atoms with E-state index in [0.717, 1.165) is 17.0 Å². The van der Waals surface area contributed by atoms with Crippen LogP contribution in [0.2, 0.25) is 0 Å². The number of benzene rings is 3. The Labute approximate surface area is 244 Å². The number of ketones is 1. The summed E-state index contributed by atoms with van der Waals surface area (Å²) in [4.78, 5) is 54.1. The summed E-state index contributed by atoms with van der Waals surface area (Å²) < 4.78 is 50.8. The van der Waals surface area contributed by atoms with Crippen molar-refractivity contribution < 1.29 is 41.8 Å². The number of imide groups is 1. The van der Waals surface area contributed by atoms with Gasteiger partial charge < -0.3 is 9.47 Å². The average Bonchev–Trinajstić information content (AvgIpc) is 2.98. The van der Waals surface area contributed by atoms with Gasteiger partial charge in [0.1, 0.15) is 12.6 Å². The van der Waals surface area contributed by atoms with Crippen molar-refractivity contribution in [3.63, 3.8) is 0 Å². The molecule has 1 atom stereocenters. The van der Waals surface area contributed by atoms with E-state index in [0.29, 0.717) is 16.5 Å². The molecule has 1 aliphatic heterocycles. The Morgan fingerprint density at radius 3 is 2.23 bits per heavy atom. The lowest BCUT2D eigenvalue weighted by Crippen LogP contribution is -2.53. The number of hydrogen-bond donors (Lipinski definition) is 0. The van der Waals surface area contributed by atoms with Gasteiger partial charge >= 0.3 is 24.3 Å². The molecule has 1 aliphatic rings. The molecule has 0 aliphatic carbocycles. The van der Waals surface area contributed by atoms with Crippen LogP contribution < -0.4 is 4.90 Å². The highest BCUT2D eigenvalue weighted by molar-refractivity contribution is 6.09. The minimum atomic E-state index is -4.74. The molecule has 3 aromatic rings. The number of anilines is 1. The van der Waals surface area contributed by atoms with E-state index in [2.05, 4.69) is 0 Å². The van der Waals surface area contributed by atoms with Gasteiger partial charge in [-0.05, 0) is 55.3 Å². The number of Topliss-reactive ketones (excluding diaryl/α,β-unsaturated/α-hetero) is 1. The first-order valence-electron chi connectivity index (χ1n) is 12.8. The molecule has 220 valence electrons. The van der Waals surface area contributed by atoms with Gasteiger partial charge in [0.05, 0.1) is 22.9 Å². The minimum Gasteiger partial charge on any atom is -0.458 e. The summed E-state index contributed by atoms with van der Waals surface area (Å²) in [6, 6.07) is 17.7. The predicted octanol–water partition coefficient (Wildman–Crippen LogP) is 6.30. The topological polar surface area (TPSA) is 117 Å². The Morgan fingerprint density at radius 1 is 0.953 bits per heavy atom. The summed E-state index contributed by atoms with van der Waals surface area (Å²) in [5.74, 6) is -1.51. The maximum atomic E-state index is 13.9. The van der Waals surface area contributed by atoms with Gasteiger partial charge in [-0.15, -0.1) is 0 Å². The number of carbonyl (C=O) groups excluding carboxylic acids is 4. The second-order valence-electron chi connectivity index (χ2n) is 9.43. The van der Waals surface area contributed by atoms with Crippen LogP contribution >= 0.6 is 0 Å². The van der Waals surface area contributed by atoms with E-state index in [1.54, 1.807) is 30.3 Å². The molecule has 1 heterocycles. The number of urea groups is 1. The van der Waals surface area contributed by atoms with Crippen molar-refractivity contribution in [1.29, 1.82) is 5.26 Å². The highest BCUT2D eigenvalue weighted by Gasteiger charge is 2.46. The number of amides is 3. The molecule has 0 N–H and O–H groups in total. The number of ether oxygens (including phenoxy) is 2. The second-order valence-corrected chi connectivity index (χ2v) is 9.43. The minimum absolute atomic E-state index is 0.0162. The molecule has 3 aromatic carbocycles. The molecule has 3 amide bonds. The number of allylic oxidation sites excluding steroid dienone is 1. The molecule has 0 spiro atoms. The van der Waals surface area contributed by atoms with Crippen LogP contribution in [0.4, 0.5) is 28.4 Å². The monoisotopic (exact) mass is 591 g/mol. The third kappa shape index (κ3) is 6.73. The van der Waals surface area contributed by atoms with Gasteiger partial charge in [-0.25, -0.2) is 19.3 Å². The Hall–Kier alpha value is -5.44. The molecule has 0 bridgehead atoms. The zero-order chi connectivity index (χ0) is 31.3. The van der Waals surface area contributed by atoms with Crippen LogP contribution in [-0.2, 0) is 31.8 Å². The van der Waals surface area contributed by atoms with Gasteiger partial charge in [0.2, 0.25) is 0 Å². The van der Waals surface area contributed by atoms with Gasteiger partial charge in [0.15, 0.2) is 12.4 Å². The van der Waals surface area contributed by atoms with E-state index >= 15 is 0 Å². The fourth-order valence-electron chi connectivity index (χ4n) is 4.59. The summed E-state index contributed by atoms with van der Waals surface area (Å²) in [5.41, 5.74) is -0.240. The van der Waals surface area contributed by atoms with Crippen molar-refractivity contribution in [2.45, 2.75) is 32.7 Å². The normalized spacial score (nSPS) is 15.2. The van der Waals surface area contributed by atoms with Crippen molar-refractivity contribution in [1.82, 2.24) is 4.90 Å². The van der Waals surface area contributed by atoms with Crippen molar-refractivity contribution >= 4 is 29.6 Å². The van der Waals surface area contributed by atoms with E-state index in [9.17, 15) is 37.6 Å². The van der Waals surface area contributed by atoms with Crippen LogP contribution in [0.5, 0.6) is 0 Å². The molecule has 0 fully saturated rings. The maximum Gasteiger partial charge on any atom is 0.419 e. The number of nitrogens with zero attached hydrogens (tertiary/aromatic N) is 3. The van der Waals surface area contributed by atoms with Gasteiger partial charge in [0.25, 0.3) is 0 Å². The zero-order valence-corrected chi connectivity index (χ0v) is 22.9. The summed E-state index contributed by atoms with van der Waals surface area (Å²) in [7, 11) is 0. The third-order valence-electron chi connectivity index (χ3n) is 6.57. The molecule has 12 heteroatoms. The van der Waals surface area contributed by atoms with Crippen molar-refractivity contribution in [2.75, 3.05) is 11.5 Å². The van der Waals surface area contributed by atoms with E-state index in [1.165, 1.54) is 44.2 Å². The van der Waals surface area contributed by atoms with Crippen LogP contribution in [-0.4, -0.2) is 35.4 Å². The van der Waals surface area contributed by atoms with Crippen molar-refractivity contribution in [3.05, 3.63) is 112 Å². The van der Waals surface area contributed by atoms with Crippen molar-refractivity contribution in [2.24, 2.45) is 0 Å². The molecule has 0 saturated carbocycles. The van der Waals surface area contributed by atoms with Gasteiger partial charge in [-0.3, -0.25) is 9.69 Å². The second kappa shape index (κ2) is 12.6. The Morgan fingerprint density at radius 2 is 1.63 bits per heavy atom. The zero-order valence-electron chi connectivity index (χ0n) is 22.9. The van der Waals surface area contributed by atoms with Crippen LogP contribution in [0, 0.1) is 11.3 Å². The van der Waals surface area contributed by atoms with Crippen LogP contribution in [0.1, 0.15) is 42.1 Å². The lowest BCUT2D eigenvalue weighted by molar-refractivity contribution is -0.148. The Balaban J connectivity index is 1.73. The molecule has 0 saturated heterocycles. The first kappa shape index (κ1) is 30.5. The third-order valence-corrected chi connectivity index (χ3v) is 6.57. The summed E-state index contributed by atoms with van der Waals surface area (Å²) in [6.07, 6.45) is -6.08. The van der Waals surface area contributed by atoms with Gasteiger partial charge in [0, 0.05) is 11.3 Å². The quantitative estimate of drug-likeness (QED) is 0.296. The lowest BCUT2D eigenvalue weighted by Gasteiger charge is -2.41. The summed E-state index contributed by atoms with van der Waals surface area (Å²) in [5, 5.41) is 9.20. The Bertz CT molecular complexity index is 1630. The highest BCUT2D eigenvalue weighted by atomic mass is 19.4. The molecule has 0 aromatic heterocycles. The lowest BCUT2D eigenvalue weighted by atomic mass is 9.90. The molecule has 43 heavy (non-hydrogen) atoms. The predicted molar refractivity (Wildman–Crippen MR) is 146 cm³/mol. The smallest absolute Gasteiger partial charge is 0.419 e. The van der Waals surface area contributed by atoms with E-state index in [-0.39, 0.29) is 34.7 Å². The van der Waals surface area contributed by atoms with Gasteiger partial charge in [-0.1, -0.05) is 48.5 Å². The first-order valence-corrected chi connectivity index (χ1v) is 12.8. The van der Waals surface area contributed by atoms with Crippen molar-refractivity contribution in [3.8, 4) is 6.07 Å². The SMILES string of the molecule is CC(=O)C1=C(C)N(c2cccc(C(F)(F)F)c2)C(=O)N(C(=O)OCC(=O)OCc2ccccc2)C1c1ccc(C#N)cc1. The number of hydrogen-bond acceptors (Lipinski definition) is 7. The largest absolute Gasteiger partial charge is 0.458 e. The number of carbonyl (C=O) groups is 4. The number of halogens is 3. The van der Waals surface area contributed by atoms with E-state index in [4.69, 9.17) is 9.47 Å². The summed E-state index contributed by atoms with van der Waals surface area (Å²) >= 11 is 0. The Kier molecular flexibility index (Phi) is 8.95. The maximum absolute atomic E-state index is 13.9. The number of nitriles is 1. The molecule has 4 rings (SSSR count). The fraction of sp³-hybridized carbons (Fsp3) is 0.194. The van der Waals surface area contributed by atoms with Crippen LogP contribution in [0.25, 0.3) is 0 Å². The number of alkyl halides is 3. The molecular weight excluding hydrogens is 567 g/mol. The number of rotatable bonds is 7. The van der Waals surface area contributed by atoms with Crippen LogP contribution in [0.15, 0.2) is 90.1 Å². The van der Waals surface area contributed by atoms with E-state index < -0.39 is 48.3 Å². The molecular formula is C31H24F3N3O6. The first-order chi connectivity index (χ1) is 20.4. The highest BCUT2D eigenvalue weighted by Crippen LogP contribution is 2.41.